The van der Waals surface area contributed by atoms with Crippen LogP contribution in [0.3, 0.4) is 0 Å². The zero-order valence-corrected chi connectivity index (χ0v) is 7.51. The summed E-state index contributed by atoms with van der Waals surface area (Å²) in [5.41, 5.74) is 0. The van der Waals surface area contributed by atoms with E-state index in [0.29, 0.717) is 0 Å². The summed E-state index contributed by atoms with van der Waals surface area (Å²) in [6.07, 6.45) is 1.96. The van der Waals surface area contributed by atoms with E-state index in [1.54, 1.807) is 4.68 Å². The summed E-state index contributed by atoms with van der Waals surface area (Å²) in [7, 11) is 3.77. The van der Waals surface area contributed by atoms with Gasteiger partial charge in [0.2, 0.25) is 0 Å². The molecule has 1 N–H and O–H groups in total. The molecule has 0 aliphatic rings. The lowest BCUT2D eigenvalue weighted by Gasteiger charge is -1.89. The highest BCUT2D eigenvalue weighted by molar-refractivity contribution is 14.1. The molecule has 0 unspecified atom stereocenters. The Morgan fingerprint density at radius 3 is 2.67 bits per heavy atom. The second-order valence-electron chi connectivity index (χ2n) is 1.75. The Balaban J connectivity index is 3.01. The Morgan fingerprint density at radius 1 is 1.78 bits per heavy atom. The fraction of sp³-hybridized carbons (Fsp3) is 0.400. The highest BCUT2D eigenvalue weighted by Crippen LogP contribution is 2.12. The maximum atomic E-state index is 4.13. The minimum Gasteiger partial charge on any atom is -0.371 e. The molecule has 1 aromatic heterocycles. The minimum absolute atomic E-state index is 0.943. The standard InChI is InChI=1S/C5H8IN3/c1-7-5-4(6)3-9(2)8-5/h3H,1-2H3,(H,7,8). The van der Waals surface area contributed by atoms with Gasteiger partial charge < -0.3 is 5.32 Å². The smallest absolute Gasteiger partial charge is 0.161 e. The van der Waals surface area contributed by atoms with E-state index in [1.807, 2.05) is 20.3 Å². The summed E-state index contributed by atoms with van der Waals surface area (Å²) >= 11 is 2.24. The quantitative estimate of drug-likeness (QED) is 0.740. The van der Waals surface area contributed by atoms with Crippen molar-refractivity contribution in [2.24, 2.45) is 7.05 Å². The van der Waals surface area contributed by atoms with E-state index in [0.717, 1.165) is 9.39 Å². The molecule has 4 heteroatoms. The molecular weight excluding hydrogens is 229 g/mol. The number of hydrogen-bond acceptors (Lipinski definition) is 2. The SMILES string of the molecule is CNc1nn(C)cc1I. The van der Waals surface area contributed by atoms with Crippen LogP contribution in [0.1, 0.15) is 0 Å². The molecule has 0 bridgehead atoms. The molecule has 0 spiro atoms. The van der Waals surface area contributed by atoms with Crippen LogP contribution >= 0.6 is 22.6 Å². The van der Waals surface area contributed by atoms with Gasteiger partial charge in [0, 0.05) is 20.3 Å². The van der Waals surface area contributed by atoms with Gasteiger partial charge >= 0.3 is 0 Å². The van der Waals surface area contributed by atoms with Gasteiger partial charge in [-0.2, -0.15) is 5.10 Å². The Labute approximate surface area is 67.6 Å². The zero-order valence-electron chi connectivity index (χ0n) is 5.35. The molecule has 0 aromatic carbocycles. The fourth-order valence-electron chi connectivity index (χ4n) is 0.629. The van der Waals surface area contributed by atoms with Crippen LogP contribution in [0.25, 0.3) is 0 Å². The Kier molecular flexibility index (Phi) is 1.94. The number of nitrogens with one attached hydrogen (secondary N) is 1. The van der Waals surface area contributed by atoms with Crippen LogP contribution in [0, 0.1) is 3.57 Å². The molecule has 0 saturated heterocycles. The van der Waals surface area contributed by atoms with Crippen molar-refractivity contribution in [2.75, 3.05) is 12.4 Å². The molecule has 0 atom stereocenters. The molecule has 0 aliphatic heterocycles. The minimum atomic E-state index is 0.943. The predicted molar refractivity (Wildman–Crippen MR) is 45.5 cm³/mol. The summed E-state index contributed by atoms with van der Waals surface area (Å²) in [6, 6.07) is 0. The number of aromatic nitrogens is 2. The van der Waals surface area contributed by atoms with E-state index in [9.17, 15) is 0 Å². The van der Waals surface area contributed by atoms with E-state index in [4.69, 9.17) is 0 Å². The van der Waals surface area contributed by atoms with Crippen molar-refractivity contribution >= 4 is 28.4 Å². The Bertz CT molecular complexity index is 206. The van der Waals surface area contributed by atoms with Crippen LogP contribution in [0.5, 0.6) is 0 Å². The first-order valence-corrected chi connectivity index (χ1v) is 3.69. The molecule has 0 radical (unpaired) electrons. The number of rotatable bonds is 1. The number of aryl methyl sites for hydroxylation is 1. The average Bonchev–Trinajstić information content (AvgIpc) is 2.10. The topological polar surface area (TPSA) is 29.9 Å². The monoisotopic (exact) mass is 237 g/mol. The van der Waals surface area contributed by atoms with E-state index < -0.39 is 0 Å². The van der Waals surface area contributed by atoms with Crippen molar-refractivity contribution in [1.82, 2.24) is 9.78 Å². The fourth-order valence-corrected chi connectivity index (χ4v) is 1.41. The van der Waals surface area contributed by atoms with E-state index >= 15 is 0 Å². The van der Waals surface area contributed by atoms with Gasteiger partial charge in [-0.25, -0.2) is 0 Å². The number of hydrogen-bond donors (Lipinski definition) is 1. The third-order valence-electron chi connectivity index (χ3n) is 1.02. The molecule has 9 heavy (non-hydrogen) atoms. The molecule has 0 amide bonds. The van der Waals surface area contributed by atoms with E-state index in [1.165, 1.54) is 0 Å². The van der Waals surface area contributed by atoms with Gasteiger partial charge in [0.15, 0.2) is 5.82 Å². The Hall–Kier alpha value is -0.260. The van der Waals surface area contributed by atoms with Gasteiger partial charge in [-0.15, -0.1) is 0 Å². The molecule has 0 saturated carbocycles. The van der Waals surface area contributed by atoms with Crippen molar-refractivity contribution in [3.63, 3.8) is 0 Å². The van der Waals surface area contributed by atoms with Crippen LogP contribution in [0.2, 0.25) is 0 Å². The summed E-state index contributed by atoms with van der Waals surface area (Å²) < 4.78 is 2.94. The lowest BCUT2D eigenvalue weighted by molar-refractivity contribution is 0.770. The van der Waals surface area contributed by atoms with Gasteiger partial charge in [0.05, 0.1) is 3.57 Å². The van der Waals surface area contributed by atoms with E-state index in [-0.39, 0.29) is 0 Å². The third kappa shape index (κ3) is 1.35. The summed E-state index contributed by atoms with van der Waals surface area (Å²) in [4.78, 5) is 0. The molecule has 1 rings (SSSR count). The lowest BCUT2D eigenvalue weighted by Crippen LogP contribution is -1.92. The third-order valence-corrected chi connectivity index (χ3v) is 1.81. The number of nitrogens with zero attached hydrogens (tertiary/aromatic N) is 2. The second kappa shape index (κ2) is 2.55. The first-order chi connectivity index (χ1) is 4.24. The van der Waals surface area contributed by atoms with Crippen molar-refractivity contribution in [3.05, 3.63) is 9.77 Å². The van der Waals surface area contributed by atoms with Crippen LogP contribution < -0.4 is 5.32 Å². The summed E-state index contributed by atoms with van der Waals surface area (Å²) in [6.45, 7) is 0. The highest BCUT2D eigenvalue weighted by atomic mass is 127. The van der Waals surface area contributed by atoms with Crippen molar-refractivity contribution in [2.45, 2.75) is 0 Å². The highest BCUT2D eigenvalue weighted by Gasteiger charge is 1.98. The Morgan fingerprint density at radius 2 is 2.44 bits per heavy atom. The molecule has 0 aliphatic carbocycles. The van der Waals surface area contributed by atoms with Gasteiger partial charge in [-0.1, -0.05) is 0 Å². The molecule has 0 fully saturated rings. The van der Waals surface area contributed by atoms with Crippen molar-refractivity contribution in [3.8, 4) is 0 Å². The molecule has 1 aromatic rings. The van der Waals surface area contributed by atoms with Gasteiger partial charge in [-0.05, 0) is 22.6 Å². The molecule has 50 valence electrons. The van der Waals surface area contributed by atoms with Crippen LogP contribution in [-0.2, 0) is 7.05 Å². The van der Waals surface area contributed by atoms with Crippen LogP contribution in [0.15, 0.2) is 6.20 Å². The van der Waals surface area contributed by atoms with Crippen LogP contribution in [-0.4, -0.2) is 16.8 Å². The average molecular weight is 237 g/mol. The molecule has 3 nitrogen and oxygen atoms in total. The second-order valence-corrected chi connectivity index (χ2v) is 2.91. The van der Waals surface area contributed by atoms with Crippen LogP contribution in [0.4, 0.5) is 5.82 Å². The molecule has 1 heterocycles. The maximum absolute atomic E-state index is 4.13. The first-order valence-electron chi connectivity index (χ1n) is 2.61. The summed E-state index contributed by atoms with van der Waals surface area (Å²) in [5, 5.41) is 7.10. The van der Waals surface area contributed by atoms with E-state index in [2.05, 4.69) is 33.0 Å². The summed E-state index contributed by atoms with van der Waals surface area (Å²) in [5.74, 6) is 0.943. The van der Waals surface area contributed by atoms with Crippen molar-refractivity contribution < 1.29 is 0 Å². The van der Waals surface area contributed by atoms with Gasteiger partial charge in [0.25, 0.3) is 0 Å². The molecular formula is C5H8IN3. The largest absolute Gasteiger partial charge is 0.371 e. The maximum Gasteiger partial charge on any atom is 0.161 e. The zero-order chi connectivity index (χ0) is 6.85. The lowest BCUT2D eigenvalue weighted by atomic mass is 10.6. The van der Waals surface area contributed by atoms with Gasteiger partial charge in [0.1, 0.15) is 0 Å². The normalized spacial score (nSPS) is 9.67. The number of anilines is 1. The predicted octanol–water partition coefficient (Wildman–Crippen LogP) is 1.07. The number of halogens is 1. The van der Waals surface area contributed by atoms with Gasteiger partial charge in [-0.3, -0.25) is 4.68 Å². The first kappa shape index (κ1) is 6.85. The van der Waals surface area contributed by atoms with Crippen molar-refractivity contribution in [1.29, 1.82) is 0 Å².